The van der Waals surface area contributed by atoms with Crippen molar-refractivity contribution < 1.29 is 77.6 Å². The van der Waals surface area contributed by atoms with Gasteiger partial charge in [0, 0.05) is 98.4 Å². The number of amides is 2. The molecule has 1 spiro atoms. The summed E-state index contributed by atoms with van der Waals surface area (Å²) in [4.78, 5) is 103. The van der Waals surface area contributed by atoms with Crippen LogP contribution in [-0.4, -0.2) is 138 Å². The Morgan fingerprint density at radius 2 is 1.60 bits per heavy atom. The Balaban J connectivity index is 1.46. The van der Waals surface area contributed by atoms with Gasteiger partial charge in [0.1, 0.15) is 47.1 Å². The number of aldehydes is 1. The van der Waals surface area contributed by atoms with Crippen molar-refractivity contribution in [2.45, 2.75) is 152 Å². The van der Waals surface area contributed by atoms with Gasteiger partial charge in [0.25, 0.3) is 11.7 Å². The van der Waals surface area contributed by atoms with Crippen LogP contribution < -0.4 is 20.1 Å². The van der Waals surface area contributed by atoms with E-state index >= 15 is 9.59 Å². The molecule has 446 valence electrons. The number of fused-ring (bicyclic) bond motifs is 1. The van der Waals surface area contributed by atoms with E-state index in [4.69, 9.17) is 23.9 Å². The van der Waals surface area contributed by atoms with Crippen LogP contribution >= 0.6 is 7.37 Å². The number of aliphatic hydroxyl groups excluding tert-OH is 3. The smallest absolute Gasteiger partial charge is 0.312 e. The summed E-state index contributed by atoms with van der Waals surface area (Å²) in [6.45, 7) is 24.7. The number of hydrogen-bond donors (Lipinski definition) is 6. The van der Waals surface area contributed by atoms with Crippen molar-refractivity contribution in [3.63, 3.8) is 0 Å². The zero-order chi connectivity index (χ0) is 60.9. The molecule has 2 aromatic rings. The number of likely N-dealkylation sites (tertiary alicyclic amines) is 1. The van der Waals surface area contributed by atoms with Crippen LogP contribution in [0.5, 0.6) is 17.2 Å². The number of carbonyl (C=O) groups is 6. The number of phenolic OH excluding ortho intramolecular Hbond substituents is 1. The second-order valence-corrected chi connectivity index (χ2v) is 26.6. The number of carbonyl (C=O) groups excluding carboxylic acids is 6. The third kappa shape index (κ3) is 12.1. The summed E-state index contributed by atoms with van der Waals surface area (Å²) >= 11 is 0. The third-order valence-electron chi connectivity index (χ3n) is 17.0. The Morgan fingerprint density at radius 1 is 0.939 bits per heavy atom. The Labute approximate surface area is 479 Å². The van der Waals surface area contributed by atoms with Gasteiger partial charge >= 0.3 is 17.7 Å². The number of aromatic hydroxyl groups is 1. The van der Waals surface area contributed by atoms with Crippen molar-refractivity contribution >= 4 is 60.0 Å². The first-order valence-electron chi connectivity index (χ1n) is 28.1. The van der Waals surface area contributed by atoms with Crippen LogP contribution in [0, 0.1) is 47.8 Å². The van der Waals surface area contributed by atoms with E-state index < -0.39 is 125 Å². The fourth-order valence-corrected chi connectivity index (χ4v) is 13.2. The van der Waals surface area contributed by atoms with Gasteiger partial charge in [0.15, 0.2) is 0 Å². The lowest BCUT2D eigenvalue weighted by Crippen LogP contribution is -2.62. The molecule has 2 aromatic carbocycles. The van der Waals surface area contributed by atoms with Crippen LogP contribution in [0.25, 0.3) is 5.76 Å². The van der Waals surface area contributed by atoms with E-state index in [-0.39, 0.29) is 86.8 Å². The first-order chi connectivity index (χ1) is 38.2. The lowest BCUT2D eigenvalue weighted by atomic mass is 9.77. The van der Waals surface area contributed by atoms with Gasteiger partial charge in [-0.2, -0.15) is 0 Å². The summed E-state index contributed by atoms with van der Waals surface area (Å²) in [5.41, 5.74) is -3.28. The van der Waals surface area contributed by atoms with Crippen LogP contribution in [0.3, 0.4) is 0 Å². The molecule has 0 aromatic heterocycles. The molecule has 5 aliphatic rings. The second kappa shape index (κ2) is 24.0. The number of nitrogens with one attached hydrogen (secondary N) is 1. The molecule has 82 heavy (non-hydrogen) atoms. The van der Waals surface area contributed by atoms with Gasteiger partial charge in [-0.25, -0.2) is 0 Å². The van der Waals surface area contributed by atoms with Crippen molar-refractivity contribution in [1.29, 1.82) is 0 Å². The maximum Gasteiger partial charge on any atom is 0.312 e. The minimum atomic E-state index is -4.26. The van der Waals surface area contributed by atoms with Gasteiger partial charge < -0.3 is 64.2 Å². The maximum atomic E-state index is 16.3. The van der Waals surface area contributed by atoms with Crippen molar-refractivity contribution in [3.8, 4) is 17.2 Å². The van der Waals surface area contributed by atoms with E-state index in [1.165, 1.54) is 70.1 Å². The van der Waals surface area contributed by atoms with Crippen molar-refractivity contribution in [2.24, 2.45) is 45.9 Å². The molecule has 2 unspecified atom stereocenters. The monoisotopic (exact) mass is 1160 g/mol. The largest absolute Gasteiger partial charge is 0.507 e. The maximum absolute atomic E-state index is 16.3. The highest BCUT2D eigenvalue weighted by Gasteiger charge is 2.60. The molecule has 21 heteroatoms. The number of nitrogens with zero attached hydrogens (tertiary/aromatic N) is 3. The zero-order valence-electron chi connectivity index (χ0n) is 49.4. The normalized spacial score (nSPS) is 30.0. The number of phenols is 1. The number of benzene rings is 2. The number of hydrogen-bond acceptors (Lipinski definition) is 17. The predicted octanol–water partition coefficient (Wildman–Crippen LogP) is 6.97. The molecule has 1 saturated heterocycles. The van der Waals surface area contributed by atoms with Gasteiger partial charge in [-0.1, -0.05) is 80.5 Å². The second-order valence-electron chi connectivity index (χ2n) is 24.3. The van der Waals surface area contributed by atoms with Gasteiger partial charge in [0.2, 0.25) is 13.3 Å². The highest BCUT2D eigenvalue weighted by Crippen LogP contribution is 2.54. The molecule has 0 saturated carbocycles. The van der Waals surface area contributed by atoms with Crippen LogP contribution in [0.1, 0.15) is 135 Å². The van der Waals surface area contributed by atoms with Crippen molar-refractivity contribution in [3.05, 3.63) is 87.9 Å². The molecule has 4 heterocycles. The Kier molecular flexibility index (Phi) is 18.5. The number of ether oxygens (including phenoxy) is 4. The van der Waals surface area contributed by atoms with Gasteiger partial charge in [0.05, 0.1) is 47.2 Å². The molecule has 6 N–H and O–H groups in total. The first-order valence-corrected chi connectivity index (χ1v) is 29.9. The summed E-state index contributed by atoms with van der Waals surface area (Å²) in [6, 6.07) is 2.47. The zero-order valence-corrected chi connectivity index (χ0v) is 50.3. The molecule has 4 bridgehead atoms. The summed E-state index contributed by atoms with van der Waals surface area (Å²) in [6.07, 6.45) is 4.43. The minimum absolute atomic E-state index is 0.00397. The number of aliphatic hydroxyl groups is 3. The standard InChI is InChI=1S/C61H81N4O16P/c1-31(2)30-64-23-21-61(22-24-64)63-47-44-45-52(71)38(9)55-46(44)56(73)60(14,81-55)78-26-20-32(3)35(6)54(80-40(11)68)37(8)51(70)36(7)50(69)33(4)16-15-17-34(5)57(74)62-48(53(45)72)49(47)65(61)58(75)59(12,13)29-41-28-42(82(76,77)27-25-66)18-19-43(41)79-39(10)67/h15-20,25-26,28,31-33,35-37,49-51,54,69-72H,21-24,27,29-30H2,1-14H3,(H,62,74)(H,76,77)/b16-15+,26-20+,34-17-/t32-,33-,35+,36+,37+,49?,50-,51+,54+,60-/m0/s1. The summed E-state index contributed by atoms with van der Waals surface area (Å²) in [5, 5.41) is 51.4. The van der Waals surface area contributed by atoms with Crippen LogP contribution in [0.15, 0.2) is 65.0 Å². The number of ketones is 1. The first kappa shape index (κ1) is 63.1. The molecule has 1 aliphatic carbocycles. The number of piperidine rings is 1. The summed E-state index contributed by atoms with van der Waals surface area (Å²) in [5.74, 6) is -9.29. The average Bonchev–Trinajstić information content (AvgIpc) is 1.57. The molecule has 4 aliphatic heterocycles. The molecule has 2 amide bonds. The lowest BCUT2D eigenvalue weighted by Gasteiger charge is -2.48. The topological polar surface area (TPSA) is 288 Å². The van der Waals surface area contributed by atoms with Crippen LogP contribution in [0.2, 0.25) is 0 Å². The predicted molar refractivity (Wildman–Crippen MR) is 306 cm³/mol. The molecular weight excluding hydrogens is 1080 g/mol. The number of allylic oxidation sites excluding steroid dienone is 3. The quantitative estimate of drug-likeness (QED) is 0.0606. The summed E-state index contributed by atoms with van der Waals surface area (Å²) < 4.78 is 37.5. The van der Waals surface area contributed by atoms with Crippen LogP contribution in [-0.2, 0) is 44.4 Å². The van der Waals surface area contributed by atoms with Crippen molar-refractivity contribution in [2.75, 3.05) is 25.8 Å². The number of Topliss-reactive ketones (excluding diaryl/α,β-unsaturated/α-hetero) is 1. The SMILES string of the molecule is CC(=O)Oc1ccc(P(=O)(O)CC=O)cc1CC(C)(C)C(=O)N1C2C(=NC13CCN(CC(C)C)CC3)c1c3c(O)c(C)c4c1C(=O)[C@@](C)(O/C=C/[C@H](C)[C@@H](C)[C@@H](OC(C)=O)[C@H](C)[C@H](O)[C@H](C)[C@@H](O)[C@@H](C)/C=C/C=C(/C)C(=O)NC2=C3O)O4. The van der Waals surface area contributed by atoms with E-state index in [1.807, 2.05) is 13.8 Å². The van der Waals surface area contributed by atoms with Crippen LogP contribution in [0.4, 0.5) is 0 Å². The average molecular weight is 1160 g/mol. The Hall–Kier alpha value is -6.44. The number of esters is 2. The third-order valence-corrected chi connectivity index (χ3v) is 18.7. The molecule has 1 fully saturated rings. The number of rotatable bonds is 10. The molecule has 20 nitrogen and oxygen atoms in total. The Bertz CT molecular complexity index is 3110. The fourth-order valence-electron chi connectivity index (χ4n) is 12.1. The Morgan fingerprint density at radius 3 is 2.21 bits per heavy atom. The molecule has 7 rings (SSSR count). The minimum Gasteiger partial charge on any atom is -0.507 e. The highest BCUT2D eigenvalue weighted by molar-refractivity contribution is 7.66. The van der Waals surface area contributed by atoms with E-state index in [1.54, 1.807) is 52.8 Å². The van der Waals surface area contributed by atoms with E-state index in [0.29, 0.717) is 19.4 Å². The van der Waals surface area contributed by atoms with Gasteiger partial charge in [-0.05, 0) is 67.9 Å². The molecular formula is C61H81N4O16P. The fraction of sp³-hybridized carbons (Fsp3) is 0.557. The number of aliphatic imine (C=N–C) groups is 1. The summed E-state index contributed by atoms with van der Waals surface area (Å²) in [7, 11) is -4.26. The lowest BCUT2D eigenvalue weighted by molar-refractivity contribution is -0.158. The van der Waals surface area contributed by atoms with Gasteiger partial charge in [-0.15, -0.1) is 0 Å². The highest BCUT2D eigenvalue weighted by atomic mass is 31.2. The van der Waals surface area contributed by atoms with Crippen molar-refractivity contribution in [1.82, 2.24) is 15.1 Å². The van der Waals surface area contributed by atoms with E-state index in [0.717, 1.165) is 6.54 Å². The molecule has 0 radical (unpaired) electrons. The molecule has 11 atom stereocenters. The van der Waals surface area contributed by atoms with Gasteiger partial charge in [-0.3, -0.25) is 33.5 Å². The van der Waals surface area contributed by atoms with E-state index in [2.05, 4.69) is 24.1 Å². The van der Waals surface area contributed by atoms with E-state index in [9.17, 15) is 49.1 Å².